The maximum absolute atomic E-state index is 12.8. The molecule has 194 valence electrons. The quantitative estimate of drug-likeness (QED) is 0.259. The summed E-state index contributed by atoms with van der Waals surface area (Å²) in [6.07, 6.45) is 1.42. The summed E-state index contributed by atoms with van der Waals surface area (Å²) >= 11 is 1.45. The first-order valence-corrected chi connectivity index (χ1v) is 12.4. The van der Waals surface area contributed by atoms with Crippen molar-refractivity contribution in [3.8, 4) is 0 Å². The molecule has 0 aliphatic heterocycles. The van der Waals surface area contributed by atoms with Gasteiger partial charge in [0.25, 0.3) is 0 Å². The molecule has 1 aromatic rings. The van der Waals surface area contributed by atoms with E-state index in [1.165, 1.54) is 11.8 Å². The molecule has 1 aromatic carbocycles. The van der Waals surface area contributed by atoms with E-state index in [0.29, 0.717) is 5.75 Å². The van der Waals surface area contributed by atoms with Gasteiger partial charge in [-0.2, -0.15) is 11.8 Å². The fourth-order valence-electron chi connectivity index (χ4n) is 2.78. The number of carboxylic acids is 1. The van der Waals surface area contributed by atoms with Crippen molar-refractivity contribution < 1.29 is 33.8 Å². The van der Waals surface area contributed by atoms with E-state index in [9.17, 15) is 29.1 Å². The first-order chi connectivity index (χ1) is 16.4. The van der Waals surface area contributed by atoms with Crippen LogP contribution in [-0.2, 0) is 30.3 Å². The number of carbonyl (C=O) groups excluding carboxylic acids is 4. The van der Waals surface area contributed by atoms with Gasteiger partial charge in [-0.1, -0.05) is 30.3 Å². The SMILES string of the molecule is CSCC[C@@H](NC(=O)[C@@H](Cc1ccccc1)NC(=O)CNC(=O)CNC(=O)OC(C)(C)C)C(=O)O. The predicted octanol–water partition coefficient (Wildman–Crippen LogP) is 0.677. The van der Waals surface area contributed by atoms with Gasteiger partial charge in [0.05, 0.1) is 6.54 Å². The second-order valence-corrected chi connectivity index (χ2v) is 9.61. The summed E-state index contributed by atoms with van der Waals surface area (Å²) in [4.78, 5) is 60.3. The zero-order valence-electron chi connectivity index (χ0n) is 20.4. The fourth-order valence-corrected chi connectivity index (χ4v) is 3.25. The van der Waals surface area contributed by atoms with Crippen LogP contribution in [0.1, 0.15) is 32.8 Å². The van der Waals surface area contributed by atoms with Crippen molar-refractivity contribution in [2.24, 2.45) is 0 Å². The van der Waals surface area contributed by atoms with Crippen LogP contribution < -0.4 is 21.3 Å². The van der Waals surface area contributed by atoms with Crippen LogP contribution in [0.3, 0.4) is 0 Å². The summed E-state index contributed by atoms with van der Waals surface area (Å²) in [7, 11) is 0. The van der Waals surface area contributed by atoms with E-state index in [1.807, 2.05) is 6.26 Å². The topological polar surface area (TPSA) is 163 Å². The lowest BCUT2D eigenvalue weighted by Gasteiger charge is -2.22. The molecule has 0 aliphatic carbocycles. The molecule has 0 radical (unpaired) electrons. The van der Waals surface area contributed by atoms with E-state index in [0.717, 1.165) is 5.56 Å². The standard InChI is InChI=1S/C23H34N4O7S/c1-23(2,3)34-22(33)25-13-18(28)24-14-19(29)26-17(12-15-8-6-5-7-9-15)20(30)27-16(21(31)32)10-11-35-4/h5-9,16-17H,10-14H2,1-4H3,(H,24,28)(H,25,33)(H,26,29)(H,27,30)(H,31,32)/t16-,17-/m1/s1. The lowest BCUT2D eigenvalue weighted by molar-refractivity contribution is -0.142. The number of hydrogen-bond acceptors (Lipinski definition) is 7. The average Bonchev–Trinajstić information content (AvgIpc) is 2.77. The van der Waals surface area contributed by atoms with Gasteiger partial charge in [0, 0.05) is 6.42 Å². The zero-order valence-corrected chi connectivity index (χ0v) is 21.2. The van der Waals surface area contributed by atoms with Gasteiger partial charge in [-0.25, -0.2) is 9.59 Å². The number of nitrogens with one attached hydrogen (secondary N) is 4. The monoisotopic (exact) mass is 510 g/mol. The maximum Gasteiger partial charge on any atom is 0.408 e. The summed E-state index contributed by atoms with van der Waals surface area (Å²) in [5.74, 6) is -2.55. The number of rotatable bonds is 13. The Labute approximate surface area is 209 Å². The Hall–Kier alpha value is -3.28. The maximum atomic E-state index is 12.8. The molecule has 5 N–H and O–H groups in total. The fraction of sp³-hybridized carbons (Fsp3) is 0.522. The van der Waals surface area contributed by atoms with E-state index in [2.05, 4.69) is 21.3 Å². The van der Waals surface area contributed by atoms with Gasteiger partial charge in [0.15, 0.2) is 0 Å². The van der Waals surface area contributed by atoms with Gasteiger partial charge in [-0.15, -0.1) is 0 Å². The molecule has 1 rings (SSSR count). The summed E-state index contributed by atoms with van der Waals surface area (Å²) in [5, 5.41) is 19.0. The highest BCUT2D eigenvalue weighted by Crippen LogP contribution is 2.07. The first kappa shape index (κ1) is 29.8. The number of hydrogen-bond donors (Lipinski definition) is 5. The van der Waals surface area contributed by atoms with Crippen LogP contribution in [0.15, 0.2) is 30.3 Å². The summed E-state index contributed by atoms with van der Waals surface area (Å²) in [5.41, 5.74) is 0.0404. The third-order valence-corrected chi connectivity index (χ3v) is 5.04. The summed E-state index contributed by atoms with van der Waals surface area (Å²) in [6, 6.07) is 6.77. The molecule has 0 aliphatic rings. The Kier molecular flexibility index (Phi) is 12.6. The van der Waals surface area contributed by atoms with Crippen molar-refractivity contribution in [1.29, 1.82) is 0 Å². The number of amides is 4. The van der Waals surface area contributed by atoms with Gasteiger partial charge in [0.1, 0.15) is 24.2 Å². The Morgan fingerprint density at radius 1 is 0.943 bits per heavy atom. The van der Waals surface area contributed by atoms with Crippen LogP contribution in [0.2, 0.25) is 0 Å². The molecule has 2 atom stereocenters. The number of aliphatic carboxylic acids is 1. The van der Waals surface area contributed by atoms with Crippen LogP contribution in [0.4, 0.5) is 4.79 Å². The Morgan fingerprint density at radius 3 is 2.14 bits per heavy atom. The minimum absolute atomic E-state index is 0.126. The van der Waals surface area contributed by atoms with Crippen LogP contribution in [-0.4, -0.2) is 77.7 Å². The molecule has 0 unspecified atom stereocenters. The van der Waals surface area contributed by atoms with Gasteiger partial charge in [0.2, 0.25) is 17.7 Å². The van der Waals surface area contributed by atoms with Crippen LogP contribution in [0, 0.1) is 0 Å². The smallest absolute Gasteiger partial charge is 0.408 e. The molecule has 4 amide bonds. The number of ether oxygens (including phenoxy) is 1. The van der Waals surface area contributed by atoms with E-state index in [1.54, 1.807) is 51.1 Å². The Bertz CT molecular complexity index is 874. The van der Waals surface area contributed by atoms with E-state index < -0.39 is 60.6 Å². The molecule has 0 heterocycles. The highest BCUT2D eigenvalue weighted by molar-refractivity contribution is 7.98. The zero-order chi connectivity index (χ0) is 26.4. The van der Waals surface area contributed by atoms with Gasteiger partial charge in [-0.05, 0) is 44.8 Å². The van der Waals surface area contributed by atoms with Crippen molar-refractivity contribution in [2.75, 3.05) is 25.1 Å². The van der Waals surface area contributed by atoms with Crippen LogP contribution in [0.5, 0.6) is 0 Å². The van der Waals surface area contributed by atoms with Crippen LogP contribution in [0.25, 0.3) is 0 Å². The van der Waals surface area contributed by atoms with Crippen molar-refractivity contribution in [3.63, 3.8) is 0 Å². The molecule has 0 saturated heterocycles. The molecule has 0 aromatic heterocycles. The molecule has 0 spiro atoms. The largest absolute Gasteiger partial charge is 0.480 e. The molecule has 11 nitrogen and oxygen atoms in total. The number of alkyl carbamates (subject to hydrolysis) is 1. The van der Waals surface area contributed by atoms with Gasteiger partial charge >= 0.3 is 12.1 Å². The number of thioether (sulfide) groups is 1. The minimum Gasteiger partial charge on any atom is -0.480 e. The van der Waals surface area contributed by atoms with E-state index >= 15 is 0 Å². The third kappa shape index (κ3) is 13.3. The number of carbonyl (C=O) groups is 5. The van der Waals surface area contributed by atoms with E-state index in [-0.39, 0.29) is 12.8 Å². The number of carboxylic acid groups (broad SMARTS) is 1. The molecule has 0 saturated carbocycles. The van der Waals surface area contributed by atoms with Crippen molar-refractivity contribution >= 4 is 41.5 Å². The van der Waals surface area contributed by atoms with Gasteiger partial charge in [-0.3, -0.25) is 14.4 Å². The van der Waals surface area contributed by atoms with Crippen molar-refractivity contribution in [3.05, 3.63) is 35.9 Å². The predicted molar refractivity (Wildman–Crippen MR) is 132 cm³/mol. The molecular formula is C23H34N4O7S. The normalized spacial score (nSPS) is 12.6. The first-order valence-electron chi connectivity index (χ1n) is 11.0. The summed E-state index contributed by atoms with van der Waals surface area (Å²) in [6.45, 7) is 4.20. The Balaban J connectivity index is 2.70. The highest BCUT2D eigenvalue weighted by atomic mass is 32.2. The van der Waals surface area contributed by atoms with Crippen molar-refractivity contribution in [1.82, 2.24) is 21.3 Å². The Morgan fingerprint density at radius 2 is 1.57 bits per heavy atom. The molecular weight excluding hydrogens is 476 g/mol. The second kappa shape index (κ2) is 14.9. The molecule has 0 bridgehead atoms. The lowest BCUT2D eigenvalue weighted by Crippen LogP contribution is -2.54. The summed E-state index contributed by atoms with van der Waals surface area (Å²) < 4.78 is 5.03. The highest BCUT2D eigenvalue weighted by Gasteiger charge is 2.26. The molecule has 12 heteroatoms. The number of benzene rings is 1. The van der Waals surface area contributed by atoms with Crippen molar-refractivity contribution in [2.45, 2.75) is 51.3 Å². The minimum atomic E-state index is -1.16. The van der Waals surface area contributed by atoms with E-state index in [4.69, 9.17) is 4.74 Å². The van der Waals surface area contributed by atoms with Crippen LogP contribution >= 0.6 is 11.8 Å². The average molecular weight is 511 g/mol. The molecule has 35 heavy (non-hydrogen) atoms. The molecule has 0 fully saturated rings. The third-order valence-electron chi connectivity index (χ3n) is 4.40. The second-order valence-electron chi connectivity index (χ2n) is 8.62. The van der Waals surface area contributed by atoms with Gasteiger partial charge < -0.3 is 31.1 Å². The lowest BCUT2D eigenvalue weighted by atomic mass is 10.0.